The number of anilines is 2. The normalized spacial score (nSPS) is 13.0. The zero-order valence-electron chi connectivity index (χ0n) is 14.4. The second kappa shape index (κ2) is 7.16. The fourth-order valence-corrected chi connectivity index (χ4v) is 3.01. The number of nitrogen functional groups attached to an aromatic ring is 1. The standard InChI is InChI=1S/C19H17FN4O2S/c1-27(22,26)18-9-5-14(11-23-18)19(25)24-17-10-13(4-8-16(17)21)12-2-6-15(20)7-3-12/h2-11,22H,21H2,1H3,(H,24,25). The monoisotopic (exact) mass is 384 g/mol. The molecule has 0 aliphatic heterocycles. The maximum absolute atomic E-state index is 13.1. The summed E-state index contributed by atoms with van der Waals surface area (Å²) in [5.74, 6) is -0.771. The van der Waals surface area contributed by atoms with Gasteiger partial charge in [0.25, 0.3) is 5.91 Å². The highest BCUT2D eigenvalue weighted by Crippen LogP contribution is 2.28. The summed E-state index contributed by atoms with van der Waals surface area (Å²) in [5.41, 5.74) is 8.53. The molecule has 0 radical (unpaired) electrons. The zero-order valence-corrected chi connectivity index (χ0v) is 15.2. The minimum atomic E-state index is -2.94. The quantitative estimate of drug-likeness (QED) is 0.595. The van der Waals surface area contributed by atoms with Crippen LogP contribution in [0.2, 0.25) is 0 Å². The van der Waals surface area contributed by atoms with Gasteiger partial charge in [-0.05, 0) is 47.5 Å². The molecule has 0 fully saturated rings. The highest BCUT2D eigenvalue weighted by atomic mass is 32.2. The summed E-state index contributed by atoms with van der Waals surface area (Å²) in [5, 5.41) is 2.82. The van der Waals surface area contributed by atoms with Crippen LogP contribution in [-0.2, 0) is 9.73 Å². The molecule has 27 heavy (non-hydrogen) atoms. The summed E-state index contributed by atoms with van der Waals surface area (Å²) in [7, 11) is -2.94. The Morgan fingerprint density at radius 1 is 1.11 bits per heavy atom. The summed E-state index contributed by atoms with van der Waals surface area (Å²) >= 11 is 0. The average molecular weight is 384 g/mol. The van der Waals surface area contributed by atoms with Crippen LogP contribution in [0.4, 0.5) is 15.8 Å². The van der Waals surface area contributed by atoms with Gasteiger partial charge in [0.05, 0.1) is 26.7 Å². The van der Waals surface area contributed by atoms with E-state index in [4.69, 9.17) is 10.5 Å². The molecule has 0 saturated heterocycles. The maximum Gasteiger partial charge on any atom is 0.257 e. The highest BCUT2D eigenvalue weighted by molar-refractivity contribution is 7.91. The van der Waals surface area contributed by atoms with Gasteiger partial charge in [-0.25, -0.2) is 18.4 Å². The summed E-state index contributed by atoms with van der Waals surface area (Å²) in [6.07, 6.45) is 2.53. The van der Waals surface area contributed by atoms with E-state index in [0.29, 0.717) is 11.4 Å². The van der Waals surface area contributed by atoms with Crippen molar-refractivity contribution in [2.24, 2.45) is 0 Å². The molecule has 2 aromatic carbocycles. The number of pyridine rings is 1. The third-order valence-electron chi connectivity index (χ3n) is 3.88. The minimum Gasteiger partial charge on any atom is -0.397 e. The molecule has 1 unspecified atom stereocenters. The zero-order chi connectivity index (χ0) is 19.6. The number of benzene rings is 2. The number of carbonyl (C=O) groups excluding carboxylic acids is 1. The number of halogens is 1. The van der Waals surface area contributed by atoms with Crippen molar-refractivity contribution < 1.29 is 13.4 Å². The number of hydrogen-bond donors (Lipinski definition) is 3. The number of hydrogen-bond acceptors (Lipinski definition) is 5. The number of aromatic nitrogens is 1. The molecule has 1 heterocycles. The second-order valence-electron chi connectivity index (χ2n) is 5.99. The Bertz CT molecular complexity index is 1100. The Labute approximate surface area is 156 Å². The number of rotatable bonds is 4. The van der Waals surface area contributed by atoms with Gasteiger partial charge in [0, 0.05) is 12.5 Å². The van der Waals surface area contributed by atoms with Crippen molar-refractivity contribution in [3.05, 3.63) is 72.2 Å². The SMILES string of the molecule is CS(=N)(=O)c1ccc(C(=O)Nc2cc(-c3ccc(F)cc3)ccc2N)cn1. The van der Waals surface area contributed by atoms with Crippen LogP contribution in [0, 0.1) is 10.6 Å². The Hall–Kier alpha value is -3.26. The molecule has 3 aromatic rings. The van der Waals surface area contributed by atoms with Crippen LogP contribution in [-0.4, -0.2) is 21.4 Å². The summed E-state index contributed by atoms with van der Waals surface area (Å²) in [6, 6.07) is 14.0. The van der Waals surface area contributed by atoms with Gasteiger partial charge in [-0.2, -0.15) is 0 Å². The summed E-state index contributed by atoms with van der Waals surface area (Å²) in [4.78, 5) is 16.4. The van der Waals surface area contributed by atoms with Gasteiger partial charge in [0.1, 0.15) is 10.8 Å². The summed E-state index contributed by atoms with van der Waals surface area (Å²) in [6.45, 7) is 0. The lowest BCUT2D eigenvalue weighted by molar-refractivity contribution is 0.102. The number of nitrogens with zero attached hydrogens (tertiary/aromatic N) is 1. The molecule has 4 N–H and O–H groups in total. The molecule has 1 amide bonds. The first-order chi connectivity index (χ1) is 12.7. The molecule has 6 nitrogen and oxygen atoms in total. The van der Waals surface area contributed by atoms with Gasteiger partial charge in [-0.15, -0.1) is 0 Å². The van der Waals surface area contributed by atoms with Crippen molar-refractivity contribution in [3.63, 3.8) is 0 Å². The number of nitrogens with one attached hydrogen (secondary N) is 2. The van der Waals surface area contributed by atoms with Gasteiger partial charge in [0.15, 0.2) is 0 Å². The van der Waals surface area contributed by atoms with Gasteiger partial charge in [-0.3, -0.25) is 4.79 Å². The van der Waals surface area contributed by atoms with Crippen molar-refractivity contribution >= 4 is 27.0 Å². The smallest absolute Gasteiger partial charge is 0.257 e. The van der Waals surface area contributed by atoms with E-state index in [1.807, 2.05) is 0 Å². The predicted octanol–water partition coefficient (Wildman–Crippen LogP) is 3.76. The first-order valence-electron chi connectivity index (χ1n) is 7.91. The molecule has 0 bridgehead atoms. The van der Waals surface area contributed by atoms with E-state index in [0.717, 1.165) is 11.1 Å². The molecule has 1 aromatic heterocycles. The highest BCUT2D eigenvalue weighted by Gasteiger charge is 2.12. The van der Waals surface area contributed by atoms with E-state index in [1.54, 1.807) is 30.3 Å². The molecule has 1 atom stereocenters. The molecule has 0 saturated carbocycles. The van der Waals surface area contributed by atoms with Crippen LogP contribution in [0.5, 0.6) is 0 Å². The van der Waals surface area contributed by atoms with Crippen molar-refractivity contribution in [1.29, 1.82) is 4.78 Å². The Morgan fingerprint density at radius 2 is 1.78 bits per heavy atom. The molecule has 0 aliphatic rings. The third kappa shape index (κ3) is 4.29. The first kappa shape index (κ1) is 18.5. The lowest BCUT2D eigenvalue weighted by Gasteiger charge is -2.11. The van der Waals surface area contributed by atoms with E-state index in [2.05, 4.69) is 10.3 Å². The van der Waals surface area contributed by atoms with E-state index >= 15 is 0 Å². The second-order valence-corrected chi connectivity index (χ2v) is 8.10. The van der Waals surface area contributed by atoms with E-state index < -0.39 is 15.6 Å². The molecular weight excluding hydrogens is 367 g/mol. The maximum atomic E-state index is 13.1. The van der Waals surface area contributed by atoms with Gasteiger partial charge < -0.3 is 11.1 Å². The van der Waals surface area contributed by atoms with Gasteiger partial charge in [0.2, 0.25) is 0 Å². The summed E-state index contributed by atoms with van der Waals surface area (Å²) < 4.78 is 32.3. The topological polar surface area (TPSA) is 109 Å². The largest absolute Gasteiger partial charge is 0.397 e. The van der Waals surface area contributed by atoms with Crippen molar-refractivity contribution in [2.75, 3.05) is 17.3 Å². The van der Waals surface area contributed by atoms with Gasteiger partial charge in [-0.1, -0.05) is 18.2 Å². The Balaban J connectivity index is 1.85. The lowest BCUT2D eigenvalue weighted by atomic mass is 10.0. The van der Waals surface area contributed by atoms with Crippen LogP contribution in [0.3, 0.4) is 0 Å². The van der Waals surface area contributed by atoms with Crippen LogP contribution in [0.25, 0.3) is 11.1 Å². The fraction of sp³-hybridized carbons (Fsp3) is 0.0526. The molecule has 8 heteroatoms. The Kier molecular flexibility index (Phi) is 4.91. The van der Waals surface area contributed by atoms with Crippen LogP contribution in [0.1, 0.15) is 10.4 Å². The predicted molar refractivity (Wildman–Crippen MR) is 103 cm³/mol. The molecule has 3 rings (SSSR count). The van der Waals surface area contributed by atoms with Crippen LogP contribution < -0.4 is 11.1 Å². The van der Waals surface area contributed by atoms with E-state index in [9.17, 15) is 13.4 Å². The van der Waals surface area contributed by atoms with Crippen molar-refractivity contribution in [1.82, 2.24) is 4.98 Å². The fourth-order valence-electron chi connectivity index (χ4n) is 2.43. The van der Waals surface area contributed by atoms with Crippen molar-refractivity contribution in [2.45, 2.75) is 5.03 Å². The molecule has 0 aliphatic carbocycles. The number of carbonyl (C=O) groups is 1. The number of amides is 1. The molecular formula is C19H17FN4O2S. The number of nitrogens with two attached hydrogens (primary N) is 1. The van der Waals surface area contributed by atoms with Crippen LogP contribution >= 0.6 is 0 Å². The van der Waals surface area contributed by atoms with Crippen LogP contribution in [0.15, 0.2) is 65.8 Å². The average Bonchev–Trinajstić information content (AvgIpc) is 2.63. The van der Waals surface area contributed by atoms with Crippen molar-refractivity contribution in [3.8, 4) is 11.1 Å². The molecule has 138 valence electrons. The third-order valence-corrected chi connectivity index (χ3v) is 4.92. The Morgan fingerprint density at radius 3 is 2.37 bits per heavy atom. The van der Waals surface area contributed by atoms with E-state index in [1.165, 1.54) is 36.7 Å². The molecule has 0 spiro atoms. The van der Waals surface area contributed by atoms with Gasteiger partial charge >= 0.3 is 0 Å². The lowest BCUT2D eigenvalue weighted by Crippen LogP contribution is -2.14. The van der Waals surface area contributed by atoms with E-state index in [-0.39, 0.29) is 16.4 Å². The first-order valence-corrected chi connectivity index (χ1v) is 9.87. The minimum absolute atomic E-state index is 0.108.